The number of allylic oxidation sites excluding steroid dienone is 3. The average Bonchev–Trinajstić information content (AvgIpc) is 2.14. The molecule has 0 saturated carbocycles. The van der Waals surface area contributed by atoms with Crippen LogP contribution in [0.3, 0.4) is 0 Å². The number of hydrogen-bond donors (Lipinski definition) is 1. The first-order valence-electron chi connectivity index (χ1n) is 4.21. The van der Waals surface area contributed by atoms with E-state index in [9.17, 15) is 18.0 Å². The molecule has 1 N–H and O–H groups in total. The van der Waals surface area contributed by atoms with Crippen molar-refractivity contribution in [3.8, 4) is 0 Å². The number of rotatable bonds is 4. The summed E-state index contributed by atoms with van der Waals surface area (Å²) in [4.78, 5) is 20.6. The Bertz CT molecular complexity index is 441. The minimum absolute atomic E-state index is 0.0346. The zero-order valence-corrected chi connectivity index (χ0v) is 8.58. The molecular formula is C9H9O5S. The second-order valence-corrected chi connectivity index (χ2v) is 4.42. The lowest BCUT2D eigenvalue weighted by atomic mass is 10.0. The Morgan fingerprint density at radius 1 is 1.47 bits per heavy atom. The molecule has 1 radical (unpaired) electrons. The molecule has 0 heterocycles. The quantitative estimate of drug-likeness (QED) is 0.711. The Hall–Kier alpha value is -1.27. The van der Waals surface area contributed by atoms with E-state index >= 15 is 0 Å². The largest absolute Gasteiger partial charge is 0.294 e. The number of carbonyl (C=O) groups excluding carboxylic acids is 2. The summed E-state index contributed by atoms with van der Waals surface area (Å²) in [6.45, 7) is 0. The lowest BCUT2D eigenvalue weighted by Gasteiger charge is -2.11. The van der Waals surface area contributed by atoms with Gasteiger partial charge in [0, 0.05) is 18.9 Å². The number of ketones is 1. The molecule has 1 aliphatic carbocycles. The fraction of sp³-hybridized carbons (Fsp3) is 0.333. The van der Waals surface area contributed by atoms with Crippen LogP contribution in [-0.2, 0) is 19.7 Å². The first-order chi connectivity index (χ1) is 6.95. The average molecular weight is 229 g/mol. The van der Waals surface area contributed by atoms with Gasteiger partial charge in [-0.2, -0.15) is 8.42 Å². The molecule has 0 aromatic rings. The Kier molecular flexibility index (Phi) is 3.54. The van der Waals surface area contributed by atoms with Crippen molar-refractivity contribution in [3.63, 3.8) is 0 Å². The lowest BCUT2D eigenvalue weighted by Crippen LogP contribution is -2.11. The third-order valence-corrected chi connectivity index (χ3v) is 2.87. The Labute approximate surface area is 87.2 Å². The van der Waals surface area contributed by atoms with Gasteiger partial charge in [-0.3, -0.25) is 14.1 Å². The van der Waals surface area contributed by atoms with Crippen LogP contribution < -0.4 is 0 Å². The zero-order valence-electron chi connectivity index (χ0n) is 7.76. The summed E-state index contributed by atoms with van der Waals surface area (Å²) in [5, 5.41) is 0. The summed E-state index contributed by atoms with van der Waals surface area (Å²) < 4.78 is 30.6. The smallest absolute Gasteiger partial charge is 0.294 e. The van der Waals surface area contributed by atoms with Crippen LogP contribution >= 0.6 is 0 Å². The van der Waals surface area contributed by atoms with Gasteiger partial charge in [0.15, 0.2) is 12.1 Å². The van der Waals surface area contributed by atoms with Crippen LogP contribution in [0.25, 0.3) is 0 Å². The fourth-order valence-electron chi connectivity index (χ4n) is 1.27. The van der Waals surface area contributed by atoms with Crippen molar-refractivity contribution in [2.75, 3.05) is 0 Å². The molecule has 1 rings (SSSR count). The molecule has 1 aliphatic rings. The molecule has 0 aliphatic heterocycles. The SMILES string of the molecule is O=[C]CCC1=CCC(=O)C=C1S(=O)(=O)O. The third-order valence-electron chi connectivity index (χ3n) is 1.93. The summed E-state index contributed by atoms with van der Waals surface area (Å²) >= 11 is 0. The van der Waals surface area contributed by atoms with Crippen LogP contribution in [0, 0.1) is 0 Å². The molecule has 0 bridgehead atoms. The number of hydrogen-bond acceptors (Lipinski definition) is 4. The van der Waals surface area contributed by atoms with Gasteiger partial charge in [0.25, 0.3) is 10.1 Å². The maximum absolute atomic E-state index is 11.0. The summed E-state index contributed by atoms with van der Waals surface area (Å²) in [6.07, 6.45) is 4.19. The van der Waals surface area contributed by atoms with E-state index in [2.05, 4.69) is 0 Å². The first kappa shape index (κ1) is 11.8. The van der Waals surface area contributed by atoms with Crippen molar-refractivity contribution < 1.29 is 22.6 Å². The maximum atomic E-state index is 11.0. The zero-order chi connectivity index (χ0) is 11.5. The van der Waals surface area contributed by atoms with Crippen molar-refractivity contribution in [3.05, 3.63) is 22.6 Å². The monoisotopic (exact) mass is 229 g/mol. The van der Waals surface area contributed by atoms with Gasteiger partial charge in [-0.15, -0.1) is 0 Å². The van der Waals surface area contributed by atoms with Crippen LogP contribution in [0.5, 0.6) is 0 Å². The van der Waals surface area contributed by atoms with Crippen molar-refractivity contribution in [2.24, 2.45) is 0 Å². The van der Waals surface area contributed by atoms with Gasteiger partial charge in [0.1, 0.15) is 4.91 Å². The summed E-state index contributed by atoms with van der Waals surface area (Å²) in [6, 6.07) is 0. The minimum atomic E-state index is -4.40. The second kappa shape index (κ2) is 4.50. The van der Waals surface area contributed by atoms with E-state index in [1.807, 2.05) is 0 Å². The summed E-state index contributed by atoms with van der Waals surface area (Å²) in [5.74, 6) is -0.388. The molecule has 0 aromatic carbocycles. The van der Waals surface area contributed by atoms with Gasteiger partial charge in [-0.05, 0) is 12.0 Å². The minimum Gasteiger partial charge on any atom is -0.294 e. The van der Waals surface area contributed by atoms with Gasteiger partial charge in [0.05, 0.1) is 0 Å². The molecule has 0 aromatic heterocycles. The highest BCUT2D eigenvalue weighted by molar-refractivity contribution is 7.90. The summed E-state index contributed by atoms with van der Waals surface area (Å²) in [5.41, 5.74) is 0.292. The van der Waals surface area contributed by atoms with Crippen LogP contribution in [0.4, 0.5) is 0 Å². The van der Waals surface area contributed by atoms with Crippen LogP contribution in [0.2, 0.25) is 0 Å². The Morgan fingerprint density at radius 2 is 2.13 bits per heavy atom. The Balaban J connectivity index is 3.01. The van der Waals surface area contributed by atoms with Crippen LogP contribution in [0.1, 0.15) is 19.3 Å². The molecule has 0 spiro atoms. The third kappa shape index (κ3) is 3.10. The second-order valence-electron chi connectivity index (χ2n) is 3.03. The van der Waals surface area contributed by atoms with E-state index in [4.69, 9.17) is 4.55 Å². The number of carbonyl (C=O) groups is 1. The van der Waals surface area contributed by atoms with E-state index in [1.165, 1.54) is 6.08 Å². The molecule has 0 fully saturated rings. The molecule has 0 atom stereocenters. The molecule has 0 saturated heterocycles. The highest BCUT2D eigenvalue weighted by atomic mass is 32.2. The molecule has 5 nitrogen and oxygen atoms in total. The molecule has 81 valence electrons. The van der Waals surface area contributed by atoms with Crippen molar-refractivity contribution >= 4 is 22.2 Å². The van der Waals surface area contributed by atoms with Gasteiger partial charge in [0.2, 0.25) is 0 Å². The summed E-state index contributed by atoms with van der Waals surface area (Å²) in [7, 11) is -4.40. The van der Waals surface area contributed by atoms with Gasteiger partial charge in [-0.25, -0.2) is 0 Å². The Morgan fingerprint density at radius 3 is 2.67 bits per heavy atom. The maximum Gasteiger partial charge on any atom is 0.294 e. The topological polar surface area (TPSA) is 88.5 Å². The van der Waals surface area contributed by atoms with E-state index in [-0.39, 0.29) is 25.0 Å². The van der Waals surface area contributed by atoms with Gasteiger partial charge in [-0.1, -0.05) is 6.08 Å². The fourth-order valence-corrected chi connectivity index (χ4v) is 2.07. The van der Waals surface area contributed by atoms with Gasteiger partial charge >= 0.3 is 0 Å². The van der Waals surface area contributed by atoms with Crippen molar-refractivity contribution in [1.29, 1.82) is 0 Å². The van der Waals surface area contributed by atoms with Crippen molar-refractivity contribution in [2.45, 2.75) is 19.3 Å². The van der Waals surface area contributed by atoms with Crippen molar-refractivity contribution in [1.82, 2.24) is 0 Å². The van der Waals surface area contributed by atoms with Crippen LogP contribution in [-0.4, -0.2) is 25.0 Å². The highest BCUT2D eigenvalue weighted by Gasteiger charge is 2.22. The molecular weight excluding hydrogens is 220 g/mol. The van der Waals surface area contributed by atoms with E-state index < -0.39 is 15.0 Å². The van der Waals surface area contributed by atoms with E-state index in [1.54, 1.807) is 6.29 Å². The first-order valence-corrected chi connectivity index (χ1v) is 5.65. The molecule has 15 heavy (non-hydrogen) atoms. The van der Waals surface area contributed by atoms with Gasteiger partial charge < -0.3 is 0 Å². The standard InChI is InChI=1S/C9H9O5S/c10-5-1-2-7-3-4-8(11)6-9(7)15(12,13)14/h3,6H,1-2,4H2,(H,12,13,14). The molecule has 0 unspecified atom stereocenters. The van der Waals surface area contributed by atoms with E-state index in [0.717, 1.165) is 6.08 Å². The molecule has 6 heteroatoms. The predicted octanol–water partition coefficient (Wildman–Crippen LogP) is 0.547. The highest BCUT2D eigenvalue weighted by Crippen LogP contribution is 2.24. The molecule has 0 amide bonds. The predicted molar refractivity (Wildman–Crippen MR) is 52.3 cm³/mol. The van der Waals surface area contributed by atoms with Crippen LogP contribution in [0.15, 0.2) is 22.6 Å². The van der Waals surface area contributed by atoms with E-state index in [0.29, 0.717) is 5.57 Å². The normalized spacial score (nSPS) is 17.0. The lowest BCUT2D eigenvalue weighted by molar-refractivity contribution is -0.113.